The number of carbonyl (C=O) groups is 1. The van der Waals surface area contributed by atoms with Crippen molar-refractivity contribution in [2.45, 2.75) is 52.0 Å². The van der Waals surface area contributed by atoms with Gasteiger partial charge in [0.1, 0.15) is 11.3 Å². The predicted molar refractivity (Wildman–Crippen MR) is 99.6 cm³/mol. The maximum absolute atomic E-state index is 12.0. The maximum Gasteiger partial charge on any atom is 0.339 e. The highest BCUT2D eigenvalue weighted by atomic mass is 16.5. The largest absolute Gasteiger partial charge is 0.493 e. The first-order chi connectivity index (χ1) is 12.5. The van der Waals surface area contributed by atoms with E-state index in [2.05, 4.69) is 13.8 Å². The van der Waals surface area contributed by atoms with Gasteiger partial charge in [0.05, 0.1) is 6.61 Å². The van der Waals surface area contributed by atoms with Crippen LogP contribution in [0.2, 0.25) is 0 Å². The second-order valence-corrected chi connectivity index (χ2v) is 7.71. The van der Waals surface area contributed by atoms with Crippen LogP contribution in [-0.4, -0.2) is 30.0 Å². The number of ether oxygens (including phenoxy) is 1. The molecule has 2 aliphatic rings. The molecule has 0 spiro atoms. The quantitative estimate of drug-likeness (QED) is 0.790. The monoisotopic (exact) mass is 355 g/mol. The summed E-state index contributed by atoms with van der Waals surface area (Å²) in [7, 11) is 0. The molecule has 1 unspecified atom stereocenters. The number of rotatable bonds is 4. The van der Waals surface area contributed by atoms with Crippen molar-refractivity contribution in [2.24, 2.45) is 5.92 Å². The number of nitrogens with zero attached hydrogens (tertiary/aromatic N) is 1. The minimum Gasteiger partial charge on any atom is -0.493 e. The molecule has 0 radical (unpaired) electrons. The van der Waals surface area contributed by atoms with Crippen molar-refractivity contribution in [3.8, 4) is 5.75 Å². The smallest absolute Gasteiger partial charge is 0.339 e. The summed E-state index contributed by atoms with van der Waals surface area (Å²) in [5.74, 6) is 1.39. The lowest BCUT2D eigenvalue weighted by Gasteiger charge is -2.35. The van der Waals surface area contributed by atoms with Crippen molar-refractivity contribution in [2.75, 3.05) is 13.2 Å². The Morgan fingerprint density at radius 2 is 2.00 bits per heavy atom. The van der Waals surface area contributed by atoms with Crippen LogP contribution in [0.4, 0.5) is 0 Å². The number of aryl methyl sites for hydroxylation is 1. The summed E-state index contributed by atoms with van der Waals surface area (Å²) in [5, 5.41) is 0.997. The number of likely N-dealkylation sites (tertiary alicyclic amines) is 1. The highest BCUT2D eigenvalue weighted by Crippen LogP contribution is 2.30. The zero-order valence-electron chi connectivity index (χ0n) is 15.4. The molecule has 138 valence electrons. The van der Waals surface area contributed by atoms with Gasteiger partial charge >= 0.3 is 5.63 Å². The lowest BCUT2D eigenvalue weighted by Crippen LogP contribution is -2.45. The number of benzene rings is 1. The van der Waals surface area contributed by atoms with Gasteiger partial charge in [0.2, 0.25) is 5.91 Å². The van der Waals surface area contributed by atoms with Gasteiger partial charge in [-0.05, 0) is 63.3 Å². The standard InChI is InChI=1S/C21H25NO4/c1-13(2)22-11-14(6-9-20(22)23)12-25-15-7-8-19-18(10-15)16-4-3-5-17(16)21(24)26-19/h7-8,10,13-14H,3-6,9,11-12H2,1-2H3. The molecule has 1 amide bonds. The van der Waals surface area contributed by atoms with Crippen molar-refractivity contribution in [1.29, 1.82) is 0 Å². The molecule has 2 heterocycles. The van der Waals surface area contributed by atoms with E-state index in [1.54, 1.807) is 0 Å². The molecule has 0 saturated carbocycles. The van der Waals surface area contributed by atoms with E-state index >= 15 is 0 Å². The minimum absolute atomic E-state index is 0.195. The minimum atomic E-state index is -0.195. The molecule has 1 aliphatic heterocycles. The Kier molecular flexibility index (Phi) is 4.47. The fourth-order valence-electron chi connectivity index (χ4n) is 4.14. The number of fused-ring (bicyclic) bond motifs is 3. The van der Waals surface area contributed by atoms with Gasteiger partial charge in [-0.2, -0.15) is 0 Å². The van der Waals surface area contributed by atoms with E-state index in [1.165, 1.54) is 0 Å². The third-order valence-corrected chi connectivity index (χ3v) is 5.59. The molecule has 1 saturated heterocycles. The van der Waals surface area contributed by atoms with Crippen LogP contribution in [0.1, 0.15) is 44.2 Å². The van der Waals surface area contributed by atoms with Gasteiger partial charge in [-0.15, -0.1) is 0 Å². The summed E-state index contributed by atoms with van der Waals surface area (Å²) in [6.45, 7) is 5.47. The SMILES string of the molecule is CC(C)N1CC(COc2ccc3oc(=O)c4c(c3c2)CCC4)CCC1=O. The van der Waals surface area contributed by atoms with Gasteiger partial charge in [0.25, 0.3) is 0 Å². The molecule has 1 fully saturated rings. The molecule has 4 rings (SSSR count). The number of amides is 1. The Hall–Kier alpha value is -2.30. The Morgan fingerprint density at radius 1 is 1.19 bits per heavy atom. The number of hydrogen-bond acceptors (Lipinski definition) is 4. The molecule has 5 heteroatoms. The van der Waals surface area contributed by atoms with Crippen molar-refractivity contribution in [3.63, 3.8) is 0 Å². The van der Waals surface area contributed by atoms with Gasteiger partial charge in [0, 0.05) is 35.9 Å². The molecule has 1 aromatic carbocycles. The average molecular weight is 355 g/mol. The Morgan fingerprint density at radius 3 is 2.81 bits per heavy atom. The fourth-order valence-corrected chi connectivity index (χ4v) is 4.14. The molecule has 5 nitrogen and oxygen atoms in total. The highest BCUT2D eigenvalue weighted by Gasteiger charge is 2.27. The second-order valence-electron chi connectivity index (χ2n) is 7.71. The Labute approximate surface area is 152 Å². The number of carbonyl (C=O) groups excluding carboxylic acids is 1. The molecule has 0 N–H and O–H groups in total. The Balaban J connectivity index is 1.51. The number of hydrogen-bond donors (Lipinski definition) is 0. The van der Waals surface area contributed by atoms with Gasteiger partial charge in [-0.1, -0.05) is 0 Å². The molecule has 26 heavy (non-hydrogen) atoms. The molecule has 1 aliphatic carbocycles. The van der Waals surface area contributed by atoms with Crippen LogP contribution in [0.25, 0.3) is 11.0 Å². The van der Waals surface area contributed by atoms with Gasteiger partial charge in [-0.25, -0.2) is 4.79 Å². The highest BCUT2D eigenvalue weighted by molar-refractivity contribution is 5.83. The zero-order valence-corrected chi connectivity index (χ0v) is 15.4. The van der Waals surface area contributed by atoms with E-state index in [0.717, 1.165) is 54.5 Å². The van der Waals surface area contributed by atoms with E-state index < -0.39 is 0 Å². The first-order valence-electron chi connectivity index (χ1n) is 9.54. The molecule has 0 bridgehead atoms. The second kappa shape index (κ2) is 6.78. The molecule has 2 aromatic rings. The van der Waals surface area contributed by atoms with Gasteiger partial charge in [-0.3, -0.25) is 4.79 Å². The molecular weight excluding hydrogens is 330 g/mol. The van der Waals surface area contributed by atoms with Crippen molar-refractivity contribution in [1.82, 2.24) is 4.90 Å². The predicted octanol–water partition coefficient (Wildman–Crippen LogP) is 3.31. The van der Waals surface area contributed by atoms with E-state index in [0.29, 0.717) is 24.5 Å². The van der Waals surface area contributed by atoms with Crippen LogP contribution in [0.5, 0.6) is 5.75 Å². The summed E-state index contributed by atoms with van der Waals surface area (Å²) in [6.07, 6.45) is 4.21. The maximum atomic E-state index is 12.0. The van der Waals surface area contributed by atoms with Crippen molar-refractivity contribution < 1.29 is 13.9 Å². The van der Waals surface area contributed by atoms with Crippen molar-refractivity contribution in [3.05, 3.63) is 39.7 Å². The third-order valence-electron chi connectivity index (χ3n) is 5.59. The topological polar surface area (TPSA) is 59.8 Å². The van der Waals surface area contributed by atoms with E-state index in [1.807, 2.05) is 23.1 Å². The van der Waals surface area contributed by atoms with Crippen LogP contribution < -0.4 is 10.4 Å². The number of piperidine rings is 1. The van der Waals surface area contributed by atoms with Crippen LogP contribution in [0, 0.1) is 5.92 Å². The molecular formula is C21H25NO4. The van der Waals surface area contributed by atoms with Crippen LogP contribution in [0.15, 0.2) is 27.4 Å². The summed E-state index contributed by atoms with van der Waals surface area (Å²) in [5.41, 5.74) is 2.39. The van der Waals surface area contributed by atoms with Crippen molar-refractivity contribution >= 4 is 16.9 Å². The van der Waals surface area contributed by atoms with Crippen LogP contribution in [0.3, 0.4) is 0 Å². The van der Waals surface area contributed by atoms with E-state index in [4.69, 9.17) is 9.15 Å². The van der Waals surface area contributed by atoms with E-state index in [-0.39, 0.29) is 17.6 Å². The summed E-state index contributed by atoms with van der Waals surface area (Å²) in [4.78, 5) is 26.0. The lowest BCUT2D eigenvalue weighted by atomic mass is 9.97. The summed E-state index contributed by atoms with van der Waals surface area (Å²) >= 11 is 0. The zero-order chi connectivity index (χ0) is 18.3. The molecule has 1 aromatic heterocycles. The van der Waals surface area contributed by atoms with E-state index in [9.17, 15) is 9.59 Å². The Bertz CT molecular complexity index is 899. The molecule has 1 atom stereocenters. The van der Waals surface area contributed by atoms with Crippen LogP contribution >= 0.6 is 0 Å². The first kappa shape index (κ1) is 17.1. The third kappa shape index (κ3) is 3.11. The summed E-state index contributed by atoms with van der Waals surface area (Å²) in [6, 6.07) is 5.92. The fraction of sp³-hybridized carbons (Fsp3) is 0.524. The normalized spacial score (nSPS) is 20.0. The lowest BCUT2D eigenvalue weighted by molar-refractivity contribution is -0.137. The average Bonchev–Trinajstić information content (AvgIpc) is 3.12. The van der Waals surface area contributed by atoms with Gasteiger partial charge in [0.15, 0.2) is 0 Å². The first-order valence-corrected chi connectivity index (χ1v) is 9.54. The summed E-state index contributed by atoms with van der Waals surface area (Å²) < 4.78 is 11.5. The van der Waals surface area contributed by atoms with Gasteiger partial charge < -0.3 is 14.1 Å². The van der Waals surface area contributed by atoms with Crippen LogP contribution in [-0.2, 0) is 17.6 Å².